The number of hydrogen-bond donors (Lipinski definition) is 2. The molecule has 0 aliphatic carbocycles. The molecule has 4 nitrogen and oxygen atoms in total. The van der Waals surface area contributed by atoms with Crippen LogP contribution in [0.2, 0.25) is 0 Å². The summed E-state index contributed by atoms with van der Waals surface area (Å²) < 4.78 is 5.73. The number of nitrogens with one attached hydrogen (secondary N) is 1. The van der Waals surface area contributed by atoms with Gasteiger partial charge in [0.25, 0.3) is 0 Å². The summed E-state index contributed by atoms with van der Waals surface area (Å²) in [5.74, 6) is 0.549. The molecule has 1 aromatic heterocycles. The zero-order valence-electron chi connectivity index (χ0n) is 12.4. The first-order chi connectivity index (χ1) is 9.52. The number of ether oxygens (including phenoxy) is 1. The summed E-state index contributed by atoms with van der Waals surface area (Å²) >= 11 is 5.15. The third-order valence-corrected chi connectivity index (χ3v) is 4.08. The highest BCUT2D eigenvalue weighted by Crippen LogP contribution is 2.25. The number of aromatic nitrogens is 1. The van der Waals surface area contributed by atoms with Gasteiger partial charge in [-0.05, 0) is 32.8 Å². The van der Waals surface area contributed by atoms with Crippen LogP contribution < -0.4 is 11.1 Å². The Labute approximate surface area is 126 Å². The van der Waals surface area contributed by atoms with Crippen molar-refractivity contribution in [3.63, 3.8) is 0 Å². The monoisotopic (exact) mass is 293 g/mol. The van der Waals surface area contributed by atoms with E-state index in [0.717, 1.165) is 48.6 Å². The predicted molar refractivity (Wildman–Crippen MR) is 86.2 cm³/mol. The maximum atomic E-state index is 5.83. The highest BCUT2D eigenvalue weighted by molar-refractivity contribution is 7.80. The van der Waals surface area contributed by atoms with E-state index in [1.807, 2.05) is 19.9 Å². The fourth-order valence-corrected chi connectivity index (χ4v) is 3.16. The van der Waals surface area contributed by atoms with Crippen LogP contribution in [-0.2, 0) is 4.74 Å². The Morgan fingerprint density at radius 1 is 1.55 bits per heavy atom. The molecule has 0 amide bonds. The molecule has 2 rings (SSSR count). The van der Waals surface area contributed by atoms with Crippen LogP contribution in [0.1, 0.15) is 36.7 Å². The number of rotatable bonds is 5. The van der Waals surface area contributed by atoms with Gasteiger partial charge in [-0.15, -0.1) is 0 Å². The van der Waals surface area contributed by atoms with Crippen LogP contribution in [-0.4, -0.2) is 29.2 Å². The first-order valence-corrected chi connectivity index (χ1v) is 7.57. The fourth-order valence-electron chi connectivity index (χ4n) is 2.90. The van der Waals surface area contributed by atoms with Crippen molar-refractivity contribution < 1.29 is 4.74 Å². The minimum atomic E-state index is 0.361. The summed E-state index contributed by atoms with van der Waals surface area (Å²) in [6.07, 6.45) is 2.53. The summed E-state index contributed by atoms with van der Waals surface area (Å²) in [6, 6.07) is 2.01. The molecule has 0 bridgehead atoms. The van der Waals surface area contributed by atoms with Gasteiger partial charge in [-0.3, -0.25) is 4.98 Å². The van der Waals surface area contributed by atoms with E-state index < -0.39 is 0 Å². The van der Waals surface area contributed by atoms with Crippen LogP contribution in [0.4, 0.5) is 5.69 Å². The molecule has 2 heterocycles. The van der Waals surface area contributed by atoms with Crippen LogP contribution >= 0.6 is 12.2 Å². The molecule has 110 valence electrons. The van der Waals surface area contributed by atoms with Gasteiger partial charge in [-0.1, -0.05) is 19.1 Å². The van der Waals surface area contributed by atoms with Crippen LogP contribution in [0.15, 0.2) is 6.07 Å². The highest BCUT2D eigenvalue weighted by atomic mass is 32.1. The lowest BCUT2D eigenvalue weighted by Crippen LogP contribution is -2.24. The maximum absolute atomic E-state index is 5.83. The standard InChI is InChI=1S/C15H23N3OS/c1-4-13-11(5-6-19-13)8-17-12-7-9(2)18-10(3)14(12)15(16)20/h7,11,13H,4-6,8H2,1-3H3,(H2,16,20)(H,17,18). The molecule has 0 spiro atoms. The van der Waals surface area contributed by atoms with Gasteiger partial charge < -0.3 is 15.8 Å². The molecule has 1 fully saturated rings. The smallest absolute Gasteiger partial charge is 0.107 e. The number of hydrogen-bond acceptors (Lipinski definition) is 4. The summed E-state index contributed by atoms with van der Waals surface area (Å²) in [4.78, 5) is 4.83. The molecule has 0 radical (unpaired) electrons. The Morgan fingerprint density at radius 3 is 2.95 bits per heavy atom. The maximum Gasteiger partial charge on any atom is 0.107 e. The molecule has 5 heteroatoms. The predicted octanol–water partition coefficient (Wildman–Crippen LogP) is 2.56. The third kappa shape index (κ3) is 3.27. The van der Waals surface area contributed by atoms with Crippen LogP contribution in [0.25, 0.3) is 0 Å². The molecule has 20 heavy (non-hydrogen) atoms. The molecule has 1 aromatic rings. The molecule has 0 saturated carbocycles. The van der Waals surface area contributed by atoms with E-state index in [1.54, 1.807) is 0 Å². The average molecular weight is 293 g/mol. The van der Waals surface area contributed by atoms with Crippen molar-refractivity contribution in [3.8, 4) is 0 Å². The second-order valence-electron chi connectivity index (χ2n) is 5.38. The minimum Gasteiger partial charge on any atom is -0.389 e. The van der Waals surface area contributed by atoms with E-state index in [1.165, 1.54) is 0 Å². The molecule has 2 atom stereocenters. The number of thiocarbonyl (C=S) groups is 1. The Hall–Kier alpha value is -1.20. The van der Waals surface area contributed by atoms with Gasteiger partial charge in [0.2, 0.25) is 0 Å². The van der Waals surface area contributed by atoms with Crippen LogP contribution in [0, 0.1) is 19.8 Å². The largest absolute Gasteiger partial charge is 0.389 e. The minimum absolute atomic E-state index is 0.361. The van der Waals surface area contributed by atoms with Gasteiger partial charge in [0.05, 0.1) is 11.7 Å². The number of nitrogens with zero attached hydrogens (tertiary/aromatic N) is 1. The molecule has 1 aliphatic rings. The van der Waals surface area contributed by atoms with Crippen molar-refractivity contribution in [2.45, 2.75) is 39.7 Å². The summed E-state index contributed by atoms with van der Waals surface area (Å²) in [6.45, 7) is 7.85. The summed E-state index contributed by atoms with van der Waals surface area (Å²) in [7, 11) is 0. The van der Waals surface area contributed by atoms with Crippen molar-refractivity contribution >= 4 is 22.9 Å². The summed E-state index contributed by atoms with van der Waals surface area (Å²) in [5.41, 5.74) is 9.53. The van der Waals surface area contributed by atoms with E-state index in [2.05, 4.69) is 17.2 Å². The molecule has 1 aliphatic heterocycles. The van der Waals surface area contributed by atoms with Crippen molar-refractivity contribution in [2.24, 2.45) is 11.7 Å². The first kappa shape index (κ1) is 15.2. The van der Waals surface area contributed by atoms with Crippen molar-refractivity contribution in [1.82, 2.24) is 4.98 Å². The zero-order chi connectivity index (χ0) is 14.7. The van der Waals surface area contributed by atoms with Crippen molar-refractivity contribution in [1.29, 1.82) is 0 Å². The molecule has 2 unspecified atom stereocenters. The zero-order valence-corrected chi connectivity index (χ0v) is 13.2. The van der Waals surface area contributed by atoms with Gasteiger partial charge in [-0.25, -0.2) is 0 Å². The van der Waals surface area contributed by atoms with E-state index in [9.17, 15) is 0 Å². The van der Waals surface area contributed by atoms with Crippen molar-refractivity contribution in [3.05, 3.63) is 23.0 Å². The van der Waals surface area contributed by atoms with Gasteiger partial charge in [-0.2, -0.15) is 0 Å². The Morgan fingerprint density at radius 2 is 2.30 bits per heavy atom. The van der Waals surface area contributed by atoms with Gasteiger partial charge >= 0.3 is 0 Å². The quantitative estimate of drug-likeness (QED) is 0.817. The molecule has 1 saturated heterocycles. The van der Waals surface area contributed by atoms with Gasteiger partial charge in [0, 0.05) is 36.1 Å². The van der Waals surface area contributed by atoms with E-state index in [4.69, 9.17) is 22.7 Å². The van der Waals surface area contributed by atoms with Crippen LogP contribution in [0.3, 0.4) is 0 Å². The topological polar surface area (TPSA) is 60.2 Å². The number of anilines is 1. The second kappa shape index (κ2) is 6.50. The Balaban J connectivity index is 2.14. The lowest BCUT2D eigenvalue weighted by atomic mass is 9.99. The van der Waals surface area contributed by atoms with Crippen LogP contribution in [0.5, 0.6) is 0 Å². The lowest BCUT2D eigenvalue weighted by Gasteiger charge is -2.20. The number of pyridine rings is 1. The molecule has 3 N–H and O–H groups in total. The average Bonchev–Trinajstić information content (AvgIpc) is 2.82. The van der Waals surface area contributed by atoms with Gasteiger partial charge in [0.15, 0.2) is 0 Å². The van der Waals surface area contributed by atoms with Crippen molar-refractivity contribution in [2.75, 3.05) is 18.5 Å². The second-order valence-corrected chi connectivity index (χ2v) is 5.82. The third-order valence-electron chi connectivity index (χ3n) is 3.88. The first-order valence-electron chi connectivity index (χ1n) is 7.16. The molecule has 0 aromatic carbocycles. The normalized spacial score (nSPS) is 21.9. The molecular formula is C15H23N3OS. The molecular weight excluding hydrogens is 270 g/mol. The summed E-state index contributed by atoms with van der Waals surface area (Å²) in [5, 5.41) is 3.50. The Bertz CT molecular complexity index is 504. The SMILES string of the molecule is CCC1OCCC1CNc1cc(C)nc(C)c1C(N)=S. The lowest BCUT2D eigenvalue weighted by molar-refractivity contribution is 0.0900. The van der Waals surface area contributed by atoms with E-state index >= 15 is 0 Å². The highest BCUT2D eigenvalue weighted by Gasteiger charge is 2.26. The van der Waals surface area contributed by atoms with Gasteiger partial charge in [0.1, 0.15) is 4.99 Å². The number of aryl methyl sites for hydroxylation is 2. The fraction of sp³-hybridized carbons (Fsp3) is 0.600. The Kier molecular flexibility index (Phi) is 4.94. The number of nitrogens with two attached hydrogens (primary N) is 1. The van der Waals surface area contributed by atoms with E-state index in [-0.39, 0.29) is 0 Å². The van der Waals surface area contributed by atoms with E-state index in [0.29, 0.717) is 17.0 Å².